The lowest BCUT2D eigenvalue weighted by atomic mass is 10.0. The van der Waals surface area contributed by atoms with Crippen molar-refractivity contribution >= 4 is 19.8 Å². The number of rotatable bonds is 82. The van der Waals surface area contributed by atoms with E-state index in [-0.39, 0.29) is 25.6 Å². The second-order valence-corrected chi connectivity index (χ2v) is 32.4. The Morgan fingerprint density at radius 1 is 0.308 bits per heavy atom. The van der Waals surface area contributed by atoms with Gasteiger partial charge in [0.25, 0.3) is 0 Å². The van der Waals surface area contributed by atoms with Gasteiger partial charge in [0.05, 0.1) is 27.7 Å². The van der Waals surface area contributed by atoms with Crippen LogP contribution in [0.15, 0.2) is 122 Å². The molecule has 2 unspecified atom stereocenters. The molecule has 0 aliphatic carbocycles. The van der Waals surface area contributed by atoms with Gasteiger partial charge in [-0.2, -0.15) is 0 Å². The highest BCUT2D eigenvalue weighted by Crippen LogP contribution is 2.43. The third-order valence-corrected chi connectivity index (χ3v) is 20.5. The minimum atomic E-state index is -4.40. The van der Waals surface area contributed by atoms with Crippen molar-refractivity contribution in [3.05, 3.63) is 122 Å². The van der Waals surface area contributed by atoms with E-state index >= 15 is 0 Å². The Morgan fingerprint density at radius 3 is 0.817 bits per heavy atom. The van der Waals surface area contributed by atoms with E-state index in [1.54, 1.807) is 0 Å². The summed E-state index contributed by atoms with van der Waals surface area (Å²) >= 11 is 0. The molecule has 0 amide bonds. The predicted octanol–water partition coefficient (Wildman–Crippen LogP) is 30.1. The largest absolute Gasteiger partial charge is 0.472 e. The van der Waals surface area contributed by atoms with Crippen LogP contribution in [0.2, 0.25) is 0 Å². The molecule has 1 N–H and O–H groups in total. The number of likely N-dealkylation sites (N-methyl/N-ethyl adjacent to an activating group) is 1. The summed E-state index contributed by atoms with van der Waals surface area (Å²) in [5.74, 6) is -0.783. The number of allylic oxidation sites excluding steroid dienone is 20. The Morgan fingerprint density at radius 2 is 0.548 bits per heavy atom. The highest BCUT2D eigenvalue weighted by atomic mass is 31.2. The minimum Gasteiger partial charge on any atom is -0.462 e. The van der Waals surface area contributed by atoms with Crippen molar-refractivity contribution in [1.29, 1.82) is 0 Å². The fraction of sp³-hybridized carbons (Fsp3) is 0.766. The number of hydrogen-bond acceptors (Lipinski definition) is 7. The minimum absolute atomic E-state index is 0.0300. The van der Waals surface area contributed by atoms with Gasteiger partial charge in [0.2, 0.25) is 0 Å². The zero-order valence-corrected chi connectivity index (χ0v) is 69.9. The van der Waals surface area contributed by atoms with E-state index in [0.717, 1.165) is 96.3 Å². The molecule has 104 heavy (non-hydrogen) atoms. The van der Waals surface area contributed by atoms with Crippen molar-refractivity contribution in [2.75, 3.05) is 47.5 Å². The first-order valence-electron chi connectivity index (χ1n) is 44.3. The Labute approximate surface area is 645 Å². The van der Waals surface area contributed by atoms with E-state index in [4.69, 9.17) is 18.5 Å². The zero-order chi connectivity index (χ0) is 75.4. The molecule has 0 aliphatic rings. The third-order valence-electron chi connectivity index (χ3n) is 19.5. The molecule has 0 aliphatic heterocycles. The van der Waals surface area contributed by atoms with Crippen LogP contribution in [0.25, 0.3) is 0 Å². The Bertz CT molecular complexity index is 2180. The summed E-state index contributed by atoms with van der Waals surface area (Å²) in [4.78, 5) is 36.1. The van der Waals surface area contributed by atoms with Gasteiger partial charge < -0.3 is 18.9 Å². The molecule has 0 spiro atoms. The number of esters is 2. The van der Waals surface area contributed by atoms with Crippen molar-refractivity contribution in [3.63, 3.8) is 0 Å². The van der Waals surface area contributed by atoms with Crippen LogP contribution < -0.4 is 0 Å². The average Bonchev–Trinajstić information content (AvgIpc) is 0.915. The van der Waals surface area contributed by atoms with Crippen molar-refractivity contribution in [2.24, 2.45) is 0 Å². The second kappa shape index (κ2) is 83.4. The van der Waals surface area contributed by atoms with Gasteiger partial charge in [-0.05, 0) is 109 Å². The zero-order valence-electron chi connectivity index (χ0n) is 69.0. The van der Waals surface area contributed by atoms with Crippen LogP contribution in [0.4, 0.5) is 0 Å². The summed E-state index contributed by atoms with van der Waals surface area (Å²) in [7, 11) is 1.49. The average molecular weight is 1470 g/mol. The van der Waals surface area contributed by atoms with Crippen LogP contribution in [0.5, 0.6) is 0 Å². The van der Waals surface area contributed by atoms with Crippen molar-refractivity contribution in [2.45, 2.75) is 418 Å². The summed E-state index contributed by atoms with van der Waals surface area (Å²) in [6, 6.07) is 0. The molecule has 0 heterocycles. The lowest BCUT2D eigenvalue weighted by molar-refractivity contribution is -0.870. The number of phosphoric acid groups is 1. The van der Waals surface area contributed by atoms with Crippen LogP contribution in [0.1, 0.15) is 412 Å². The number of hydrogen-bond donors (Lipinski definition) is 1. The normalized spacial score (nSPS) is 13.6. The van der Waals surface area contributed by atoms with Gasteiger partial charge in [0, 0.05) is 12.8 Å². The summed E-state index contributed by atoms with van der Waals surface area (Å²) in [6.07, 6.45) is 121. The number of nitrogens with zero attached hydrogens (tertiary/aromatic N) is 1. The van der Waals surface area contributed by atoms with Gasteiger partial charge in [-0.15, -0.1) is 0 Å². The predicted molar refractivity (Wildman–Crippen MR) is 454 cm³/mol. The molecular formula is C94H169NO8P+. The number of phosphoric ester groups is 1. The lowest BCUT2D eigenvalue weighted by Gasteiger charge is -2.24. The van der Waals surface area contributed by atoms with Gasteiger partial charge in [-0.1, -0.05) is 411 Å². The monoisotopic (exact) mass is 1470 g/mol. The molecule has 0 saturated carbocycles. The Balaban J connectivity index is 3.90. The summed E-state index contributed by atoms with van der Waals surface area (Å²) in [5, 5.41) is 0. The molecular weight excluding hydrogens is 1300 g/mol. The molecule has 0 aromatic carbocycles. The lowest BCUT2D eigenvalue weighted by Crippen LogP contribution is -2.37. The van der Waals surface area contributed by atoms with E-state index in [1.807, 2.05) is 21.1 Å². The van der Waals surface area contributed by atoms with E-state index in [1.165, 1.54) is 283 Å². The summed E-state index contributed by atoms with van der Waals surface area (Å²) in [6.45, 7) is 4.36. The van der Waals surface area contributed by atoms with Gasteiger partial charge >= 0.3 is 19.8 Å². The third kappa shape index (κ3) is 87.3. The standard InChI is InChI=1S/C94H168NO8P/c1-6-8-10-12-14-16-18-20-22-24-26-28-30-32-34-36-38-40-42-44-46-47-49-50-52-54-56-58-60-62-64-66-68-70-72-74-76-78-80-82-84-86-93(96)100-90-92(91-102-104(98,99)101-89-88-95(3,4)5)103-94(97)87-85-83-81-79-77-75-73-71-69-67-65-63-61-59-57-55-53-51-48-45-43-41-39-37-35-33-31-29-27-25-23-21-19-17-15-13-11-9-7-2/h9,11,15,17-18,20-21,23-24,26-27,29,33,35,39,41,45,48,53,55,92H,6-8,10,12-14,16,19,22,25,28,30-32,34,36-38,40,42-44,46-47,49-52,54,56-91H2,1-5H3/p+1/b11-9-,17-15-,20-18-,23-21-,26-24-,29-27-,35-33-,41-39-,48-45-,55-53-. The number of carbonyl (C=O) groups is 2. The first-order chi connectivity index (χ1) is 51.0. The SMILES string of the molecule is CC/C=C\C/C=C\C/C=C\C/C=C\C/C=C\C/C=C\C/C=C\C/C=C\CCCCCCCCCCCCCCCCC(=O)OC(COC(=O)CCCCCCCCCCCCCCCCCCCCCCCCCCCCCCC/C=C\C/C=C\CCCCCCC)COP(=O)(O)OCC[N+](C)(C)C. The highest BCUT2D eigenvalue weighted by Gasteiger charge is 2.27. The van der Waals surface area contributed by atoms with Crippen LogP contribution in [0, 0.1) is 0 Å². The molecule has 0 radical (unpaired) electrons. The molecule has 0 aromatic heterocycles. The fourth-order valence-corrected chi connectivity index (χ4v) is 13.5. The molecule has 0 saturated heterocycles. The highest BCUT2D eigenvalue weighted by molar-refractivity contribution is 7.47. The van der Waals surface area contributed by atoms with Gasteiger partial charge in [0.1, 0.15) is 19.8 Å². The molecule has 10 heteroatoms. The van der Waals surface area contributed by atoms with Crippen molar-refractivity contribution < 1.29 is 42.1 Å². The van der Waals surface area contributed by atoms with E-state index in [9.17, 15) is 19.0 Å². The maximum absolute atomic E-state index is 12.9. The molecule has 0 aromatic rings. The molecule has 9 nitrogen and oxygen atoms in total. The topological polar surface area (TPSA) is 108 Å². The van der Waals surface area contributed by atoms with Crippen molar-refractivity contribution in [1.82, 2.24) is 0 Å². The Kier molecular flexibility index (Phi) is 80.6. The Hall–Kier alpha value is -3.59. The molecule has 602 valence electrons. The van der Waals surface area contributed by atoms with Crippen LogP contribution >= 0.6 is 7.82 Å². The summed E-state index contributed by atoms with van der Waals surface area (Å²) in [5.41, 5.74) is 0. The summed E-state index contributed by atoms with van der Waals surface area (Å²) < 4.78 is 34.9. The van der Waals surface area contributed by atoms with Crippen molar-refractivity contribution in [3.8, 4) is 0 Å². The smallest absolute Gasteiger partial charge is 0.462 e. The van der Waals surface area contributed by atoms with Gasteiger partial charge in [-0.25, -0.2) is 4.57 Å². The first-order valence-corrected chi connectivity index (χ1v) is 45.8. The van der Waals surface area contributed by atoms with E-state index in [0.29, 0.717) is 23.9 Å². The number of unbranched alkanes of at least 4 members (excludes halogenated alkanes) is 48. The van der Waals surface area contributed by atoms with E-state index in [2.05, 4.69) is 135 Å². The fourth-order valence-electron chi connectivity index (χ4n) is 12.8. The van der Waals surface area contributed by atoms with E-state index < -0.39 is 26.5 Å². The molecule has 0 rings (SSSR count). The maximum atomic E-state index is 12.9. The van der Waals surface area contributed by atoms with Crippen LogP contribution in [0.3, 0.4) is 0 Å². The first kappa shape index (κ1) is 100. The number of carbonyl (C=O) groups excluding carboxylic acids is 2. The maximum Gasteiger partial charge on any atom is 0.472 e. The van der Waals surface area contributed by atoms with Gasteiger partial charge in [0.15, 0.2) is 6.10 Å². The molecule has 0 fully saturated rings. The second-order valence-electron chi connectivity index (χ2n) is 30.9. The van der Waals surface area contributed by atoms with Crippen LogP contribution in [-0.4, -0.2) is 74.9 Å². The van der Waals surface area contributed by atoms with Gasteiger partial charge in [-0.3, -0.25) is 18.6 Å². The molecule has 2 atom stereocenters. The number of ether oxygens (including phenoxy) is 2. The number of quaternary nitrogens is 1. The quantitative estimate of drug-likeness (QED) is 0.0211. The van der Waals surface area contributed by atoms with Crippen LogP contribution in [-0.2, 0) is 32.7 Å². The molecule has 0 bridgehead atoms.